The van der Waals surface area contributed by atoms with Crippen molar-refractivity contribution in [2.75, 3.05) is 26.7 Å². The van der Waals surface area contributed by atoms with E-state index in [4.69, 9.17) is 5.11 Å². The topological polar surface area (TPSA) is 98.7 Å². The molecule has 0 heterocycles. The first kappa shape index (κ1) is 19.2. The number of aliphatic carboxylic acids is 1. The molecule has 0 saturated carbocycles. The van der Waals surface area contributed by atoms with Crippen LogP contribution in [0.1, 0.15) is 33.6 Å². The highest BCUT2D eigenvalue weighted by Crippen LogP contribution is 2.14. The molecular weight excluding hydrogens is 274 g/mol. The van der Waals surface area contributed by atoms with Crippen LogP contribution in [0.5, 0.6) is 0 Å². The van der Waals surface area contributed by atoms with Crippen LogP contribution in [-0.4, -0.2) is 54.6 Å². The summed E-state index contributed by atoms with van der Waals surface area (Å²) in [6.45, 7) is 6.51. The van der Waals surface area contributed by atoms with Crippen molar-refractivity contribution in [1.82, 2.24) is 15.5 Å². The highest BCUT2D eigenvalue weighted by molar-refractivity contribution is 5.83. The van der Waals surface area contributed by atoms with Gasteiger partial charge in [0.2, 0.25) is 5.91 Å². The number of nitrogens with one attached hydrogen (secondary N) is 2. The van der Waals surface area contributed by atoms with Gasteiger partial charge in [-0.1, -0.05) is 13.8 Å². The molecule has 1 atom stereocenters. The molecule has 3 amide bonds. The molecule has 0 aliphatic rings. The van der Waals surface area contributed by atoms with Crippen LogP contribution in [0.2, 0.25) is 0 Å². The molecule has 3 N–H and O–H groups in total. The van der Waals surface area contributed by atoms with E-state index >= 15 is 0 Å². The van der Waals surface area contributed by atoms with E-state index in [2.05, 4.69) is 10.6 Å². The first-order valence-corrected chi connectivity index (χ1v) is 7.25. The van der Waals surface area contributed by atoms with Gasteiger partial charge in [-0.15, -0.1) is 0 Å². The maximum atomic E-state index is 12.0. The van der Waals surface area contributed by atoms with E-state index in [0.717, 1.165) is 6.42 Å². The monoisotopic (exact) mass is 301 g/mol. The summed E-state index contributed by atoms with van der Waals surface area (Å²) in [5, 5.41) is 14.1. The maximum Gasteiger partial charge on any atom is 0.317 e. The summed E-state index contributed by atoms with van der Waals surface area (Å²) in [4.78, 5) is 35.5. The summed E-state index contributed by atoms with van der Waals surface area (Å²) in [5.41, 5.74) is 0. The van der Waals surface area contributed by atoms with Gasteiger partial charge in [-0.05, 0) is 25.2 Å². The number of amides is 3. The van der Waals surface area contributed by atoms with Crippen LogP contribution in [0.3, 0.4) is 0 Å². The molecule has 0 bridgehead atoms. The SMILES string of the molecule is CCN(CC(=O)NC)C(=O)NCC(CC(=O)O)CC(C)C. The van der Waals surface area contributed by atoms with Crippen molar-refractivity contribution in [3.8, 4) is 0 Å². The largest absolute Gasteiger partial charge is 0.481 e. The molecule has 0 fully saturated rings. The average Bonchev–Trinajstić information content (AvgIpc) is 2.40. The molecule has 0 aromatic heterocycles. The normalized spacial score (nSPS) is 11.9. The Morgan fingerprint density at radius 1 is 1.24 bits per heavy atom. The van der Waals surface area contributed by atoms with Crippen LogP contribution in [0.15, 0.2) is 0 Å². The molecule has 0 aliphatic carbocycles. The molecule has 0 aromatic carbocycles. The molecule has 0 spiro atoms. The number of rotatable bonds is 9. The van der Waals surface area contributed by atoms with Gasteiger partial charge in [0.1, 0.15) is 6.54 Å². The number of urea groups is 1. The Balaban J connectivity index is 4.43. The van der Waals surface area contributed by atoms with Gasteiger partial charge in [-0.2, -0.15) is 0 Å². The summed E-state index contributed by atoms with van der Waals surface area (Å²) >= 11 is 0. The van der Waals surface area contributed by atoms with Crippen LogP contribution in [0.25, 0.3) is 0 Å². The minimum absolute atomic E-state index is 0.00733. The molecular formula is C14H27N3O4. The second-order valence-electron chi connectivity index (χ2n) is 5.47. The number of carbonyl (C=O) groups excluding carboxylic acids is 2. The molecule has 0 saturated heterocycles. The van der Waals surface area contributed by atoms with Crippen molar-refractivity contribution in [2.24, 2.45) is 11.8 Å². The molecule has 0 radical (unpaired) electrons. The zero-order chi connectivity index (χ0) is 16.4. The van der Waals surface area contributed by atoms with E-state index in [1.807, 2.05) is 13.8 Å². The Morgan fingerprint density at radius 3 is 2.29 bits per heavy atom. The Labute approximate surface area is 126 Å². The highest BCUT2D eigenvalue weighted by atomic mass is 16.4. The van der Waals surface area contributed by atoms with Crippen molar-refractivity contribution in [1.29, 1.82) is 0 Å². The van der Waals surface area contributed by atoms with Gasteiger partial charge in [0.05, 0.1) is 0 Å². The van der Waals surface area contributed by atoms with Crippen molar-refractivity contribution >= 4 is 17.9 Å². The van der Waals surface area contributed by atoms with Crippen molar-refractivity contribution < 1.29 is 19.5 Å². The average molecular weight is 301 g/mol. The fourth-order valence-corrected chi connectivity index (χ4v) is 2.08. The minimum Gasteiger partial charge on any atom is -0.481 e. The lowest BCUT2D eigenvalue weighted by atomic mass is 9.94. The lowest BCUT2D eigenvalue weighted by molar-refractivity contribution is -0.138. The van der Waals surface area contributed by atoms with E-state index < -0.39 is 5.97 Å². The second kappa shape index (κ2) is 10.0. The van der Waals surface area contributed by atoms with Crippen molar-refractivity contribution in [2.45, 2.75) is 33.6 Å². The predicted molar refractivity (Wildman–Crippen MR) is 79.9 cm³/mol. The number of carboxylic acids is 1. The Bertz CT molecular complexity index is 358. The van der Waals surface area contributed by atoms with E-state index in [9.17, 15) is 14.4 Å². The lowest BCUT2D eigenvalue weighted by Crippen LogP contribution is -2.46. The van der Waals surface area contributed by atoms with Gasteiger partial charge in [0, 0.05) is 26.6 Å². The number of likely N-dealkylation sites (N-methyl/N-ethyl adjacent to an activating group) is 2. The molecule has 122 valence electrons. The fourth-order valence-electron chi connectivity index (χ4n) is 2.08. The molecule has 1 unspecified atom stereocenters. The van der Waals surface area contributed by atoms with Gasteiger partial charge in [0.15, 0.2) is 0 Å². The lowest BCUT2D eigenvalue weighted by Gasteiger charge is -2.23. The molecule has 0 aromatic rings. The van der Waals surface area contributed by atoms with Gasteiger partial charge in [-0.3, -0.25) is 9.59 Å². The quantitative estimate of drug-likeness (QED) is 0.589. The Morgan fingerprint density at radius 2 is 1.86 bits per heavy atom. The summed E-state index contributed by atoms with van der Waals surface area (Å²) in [6, 6.07) is -0.347. The van der Waals surface area contributed by atoms with Crippen LogP contribution in [0, 0.1) is 11.8 Å². The van der Waals surface area contributed by atoms with E-state index in [-0.39, 0.29) is 30.8 Å². The number of carboxylic acid groups (broad SMARTS) is 1. The number of hydrogen-bond acceptors (Lipinski definition) is 3. The third-order valence-corrected chi connectivity index (χ3v) is 3.09. The van der Waals surface area contributed by atoms with Crippen molar-refractivity contribution in [3.05, 3.63) is 0 Å². The van der Waals surface area contributed by atoms with Crippen molar-refractivity contribution in [3.63, 3.8) is 0 Å². The zero-order valence-corrected chi connectivity index (χ0v) is 13.3. The number of nitrogens with zero attached hydrogens (tertiary/aromatic N) is 1. The molecule has 7 nitrogen and oxygen atoms in total. The summed E-state index contributed by atoms with van der Waals surface area (Å²) in [6.07, 6.45) is 0.758. The predicted octanol–water partition coefficient (Wildman–Crippen LogP) is 0.901. The number of hydrogen-bond donors (Lipinski definition) is 3. The molecule has 0 rings (SSSR count). The van der Waals surface area contributed by atoms with Crippen LogP contribution >= 0.6 is 0 Å². The first-order valence-electron chi connectivity index (χ1n) is 7.25. The second-order valence-corrected chi connectivity index (χ2v) is 5.47. The van der Waals surface area contributed by atoms with E-state index in [1.54, 1.807) is 6.92 Å². The molecule has 7 heteroatoms. The molecule has 21 heavy (non-hydrogen) atoms. The van der Waals surface area contributed by atoms with Crippen LogP contribution in [0.4, 0.5) is 4.79 Å². The Hall–Kier alpha value is -1.79. The zero-order valence-electron chi connectivity index (χ0n) is 13.3. The third-order valence-electron chi connectivity index (χ3n) is 3.09. The summed E-state index contributed by atoms with van der Waals surface area (Å²) in [5.74, 6) is -0.853. The summed E-state index contributed by atoms with van der Waals surface area (Å²) < 4.78 is 0. The van der Waals surface area contributed by atoms with E-state index in [0.29, 0.717) is 19.0 Å². The smallest absolute Gasteiger partial charge is 0.317 e. The standard InChI is InChI=1S/C14H27N3O4/c1-5-17(9-12(18)15-4)14(21)16-8-11(6-10(2)3)7-13(19)20/h10-11H,5-9H2,1-4H3,(H,15,18)(H,16,21)(H,19,20). The first-order chi connectivity index (χ1) is 9.79. The Kier molecular flexibility index (Phi) is 9.16. The third kappa shape index (κ3) is 8.88. The summed E-state index contributed by atoms with van der Waals surface area (Å²) in [7, 11) is 1.51. The van der Waals surface area contributed by atoms with Gasteiger partial charge in [-0.25, -0.2) is 4.79 Å². The minimum atomic E-state index is -0.868. The maximum absolute atomic E-state index is 12.0. The number of carbonyl (C=O) groups is 3. The van der Waals surface area contributed by atoms with Gasteiger partial charge in [0.25, 0.3) is 0 Å². The fraction of sp³-hybridized carbons (Fsp3) is 0.786. The van der Waals surface area contributed by atoms with Gasteiger partial charge < -0.3 is 20.6 Å². The van der Waals surface area contributed by atoms with Gasteiger partial charge >= 0.3 is 12.0 Å². The van der Waals surface area contributed by atoms with E-state index in [1.165, 1.54) is 11.9 Å². The van der Waals surface area contributed by atoms with Crippen LogP contribution < -0.4 is 10.6 Å². The van der Waals surface area contributed by atoms with Crippen LogP contribution in [-0.2, 0) is 9.59 Å². The highest BCUT2D eigenvalue weighted by Gasteiger charge is 2.19. The molecule has 0 aliphatic heterocycles.